The van der Waals surface area contributed by atoms with E-state index in [0.29, 0.717) is 5.92 Å². The second-order valence-electron chi connectivity index (χ2n) is 2.07. The summed E-state index contributed by atoms with van der Waals surface area (Å²) in [4.78, 5) is 0. The van der Waals surface area contributed by atoms with Crippen molar-refractivity contribution in [2.24, 2.45) is 5.92 Å². The summed E-state index contributed by atoms with van der Waals surface area (Å²) in [6.07, 6.45) is 1.97. The van der Waals surface area contributed by atoms with Crippen LogP contribution in [0.2, 0.25) is 0 Å². The predicted molar refractivity (Wildman–Crippen MR) is 30.2 cm³/mol. The van der Waals surface area contributed by atoms with E-state index >= 15 is 0 Å². The van der Waals surface area contributed by atoms with E-state index in [-0.39, 0.29) is 0 Å². The van der Waals surface area contributed by atoms with Crippen molar-refractivity contribution in [1.29, 1.82) is 5.26 Å². The van der Waals surface area contributed by atoms with Crippen LogP contribution in [0.3, 0.4) is 0 Å². The molecule has 0 aromatic heterocycles. The summed E-state index contributed by atoms with van der Waals surface area (Å²) >= 11 is 0. The lowest BCUT2D eigenvalue weighted by molar-refractivity contribution is 0.438. The minimum atomic E-state index is 0.299. The Balaban J connectivity index is 2.25. The number of piperidine rings is 1. The van der Waals surface area contributed by atoms with Crippen molar-refractivity contribution >= 4 is 0 Å². The van der Waals surface area contributed by atoms with Gasteiger partial charge >= 0.3 is 0 Å². The molecule has 8 heavy (non-hydrogen) atoms. The molecule has 1 heterocycles. The van der Waals surface area contributed by atoms with Gasteiger partial charge < -0.3 is 0 Å². The van der Waals surface area contributed by atoms with Gasteiger partial charge in [-0.25, -0.2) is 5.32 Å². The molecule has 1 aliphatic rings. The first-order valence-electron chi connectivity index (χ1n) is 2.96. The minimum Gasteiger partial charge on any atom is -0.242 e. The predicted octanol–water partition coefficient (Wildman–Crippen LogP) is 0.524. The molecule has 0 amide bonds. The fourth-order valence-electron chi connectivity index (χ4n) is 0.879. The van der Waals surface area contributed by atoms with Gasteiger partial charge in [-0.15, -0.1) is 0 Å². The van der Waals surface area contributed by atoms with Crippen LogP contribution in [0.4, 0.5) is 0 Å². The van der Waals surface area contributed by atoms with Gasteiger partial charge in [0.05, 0.1) is 6.07 Å². The highest BCUT2D eigenvalue weighted by molar-refractivity contribution is 4.85. The summed E-state index contributed by atoms with van der Waals surface area (Å²) < 4.78 is 0. The molecule has 1 radical (unpaired) electrons. The third-order valence-corrected chi connectivity index (χ3v) is 1.45. The third-order valence-electron chi connectivity index (χ3n) is 1.45. The Labute approximate surface area is 49.5 Å². The number of hydrogen-bond acceptors (Lipinski definition) is 1. The van der Waals surface area contributed by atoms with Crippen LogP contribution in [-0.2, 0) is 0 Å². The molecule has 0 N–H and O–H groups in total. The van der Waals surface area contributed by atoms with E-state index in [1.54, 1.807) is 0 Å². The van der Waals surface area contributed by atoms with Crippen LogP contribution in [-0.4, -0.2) is 13.1 Å². The number of nitriles is 1. The average molecular weight is 109 g/mol. The Hall–Kier alpha value is -0.550. The Morgan fingerprint density at radius 2 is 2.00 bits per heavy atom. The molecule has 0 unspecified atom stereocenters. The summed E-state index contributed by atoms with van der Waals surface area (Å²) in [5.41, 5.74) is 0. The molecule has 2 heteroatoms. The Morgan fingerprint density at radius 1 is 1.38 bits per heavy atom. The van der Waals surface area contributed by atoms with Crippen LogP contribution in [0, 0.1) is 17.2 Å². The highest BCUT2D eigenvalue weighted by Crippen LogP contribution is 2.09. The summed E-state index contributed by atoms with van der Waals surface area (Å²) in [5.74, 6) is 0.299. The summed E-state index contributed by atoms with van der Waals surface area (Å²) in [6, 6.07) is 2.24. The molecule has 1 rings (SSSR count). The fourth-order valence-corrected chi connectivity index (χ4v) is 0.879. The normalized spacial score (nSPS) is 22.4. The lowest BCUT2D eigenvalue weighted by Crippen LogP contribution is -2.20. The van der Waals surface area contributed by atoms with Gasteiger partial charge in [-0.3, -0.25) is 0 Å². The van der Waals surface area contributed by atoms with Crippen LogP contribution in [0.5, 0.6) is 0 Å². The second kappa shape index (κ2) is 2.68. The minimum absolute atomic E-state index is 0.299. The van der Waals surface area contributed by atoms with E-state index in [1.165, 1.54) is 0 Å². The first kappa shape index (κ1) is 5.58. The molecule has 1 saturated heterocycles. The van der Waals surface area contributed by atoms with Crippen LogP contribution < -0.4 is 5.32 Å². The Kier molecular flexibility index (Phi) is 1.87. The van der Waals surface area contributed by atoms with Gasteiger partial charge in [-0.1, -0.05) is 0 Å². The van der Waals surface area contributed by atoms with Gasteiger partial charge in [0.2, 0.25) is 0 Å². The maximum Gasteiger partial charge on any atom is 0.0656 e. The Bertz CT molecular complexity index is 97.6. The first-order valence-corrected chi connectivity index (χ1v) is 2.96. The smallest absolute Gasteiger partial charge is 0.0656 e. The van der Waals surface area contributed by atoms with E-state index in [4.69, 9.17) is 5.26 Å². The monoisotopic (exact) mass is 109 g/mol. The second-order valence-corrected chi connectivity index (χ2v) is 2.07. The molecule has 2 nitrogen and oxygen atoms in total. The SMILES string of the molecule is N#CC1CC[N]CC1. The van der Waals surface area contributed by atoms with Crippen LogP contribution in [0.1, 0.15) is 12.8 Å². The molecule has 0 spiro atoms. The number of rotatable bonds is 0. The zero-order valence-corrected chi connectivity index (χ0v) is 4.80. The van der Waals surface area contributed by atoms with E-state index in [1.807, 2.05) is 0 Å². The van der Waals surface area contributed by atoms with Gasteiger partial charge in [0.25, 0.3) is 0 Å². The highest BCUT2D eigenvalue weighted by Gasteiger charge is 2.10. The highest BCUT2D eigenvalue weighted by atomic mass is 14.9. The molecule has 0 atom stereocenters. The Morgan fingerprint density at radius 3 is 2.38 bits per heavy atom. The summed E-state index contributed by atoms with van der Waals surface area (Å²) in [5, 5.41) is 12.5. The van der Waals surface area contributed by atoms with Crippen molar-refractivity contribution < 1.29 is 0 Å². The summed E-state index contributed by atoms with van der Waals surface area (Å²) in [7, 11) is 0. The molecule has 0 saturated carbocycles. The van der Waals surface area contributed by atoms with Gasteiger partial charge in [-0.05, 0) is 12.8 Å². The van der Waals surface area contributed by atoms with E-state index < -0.39 is 0 Å². The quantitative estimate of drug-likeness (QED) is 0.447. The molecule has 1 aliphatic heterocycles. The molecular weight excluding hydrogens is 100 g/mol. The maximum atomic E-state index is 8.40. The van der Waals surface area contributed by atoms with Crippen LogP contribution in [0.25, 0.3) is 0 Å². The van der Waals surface area contributed by atoms with Crippen LogP contribution >= 0.6 is 0 Å². The van der Waals surface area contributed by atoms with Crippen molar-refractivity contribution in [3.05, 3.63) is 0 Å². The lowest BCUT2D eigenvalue weighted by atomic mass is 10.0. The molecule has 0 aromatic rings. The molecule has 0 aromatic carbocycles. The first-order chi connectivity index (χ1) is 3.93. The zero-order valence-electron chi connectivity index (χ0n) is 4.80. The molecular formula is C6H9N2. The molecule has 43 valence electrons. The summed E-state index contributed by atoms with van der Waals surface area (Å²) in [6.45, 7) is 1.80. The van der Waals surface area contributed by atoms with Crippen molar-refractivity contribution in [2.75, 3.05) is 13.1 Å². The fraction of sp³-hybridized carbons (Fsp3) is 0.833. The van der Waals surface area contributed by atoms with Gasteiger partial charge in [-0.2, -0.15) is 5.26 Å². The zero-order chi connectivity index (χ0) is 5.82. The number of nitrogens with zero attached hydrogens (tertiary/aromatic N) is 2. The molecule has 0 aliphatic carbocycles. The van der Waals surface area contributed by atoms with Gasteiger partial charge in [0.15, 0.2) is 0 Å². The largest absolute Gasteiger partial charge is 0.242 e. The van der Waals surface area contributed by atoms with E-state index in [9.17, 15) is 0 Å². The van der Waals surface area contributed by atoms with Crippen LogP contribution in [0.15, 0.2) is 0 Å². The molecule has 1 fully saturated rings. The molecule has 0 bridgehead atoms. The van der Waals surface area contributed by atoms with Crippen molar-refractivity contribution in [1.82, 2.24) is 5.32 Å². The van der Waals surface area contributed by atoms with Crippen molar-refractivity contribution in [3.8, 4) is 6.07 Å². The lowest BCUT2D eigenvalue weighted by Gasteiger charge is -2.13. The number of hydrogen-bond donors (Lipinski definition) is 0. The standard InChI is InChI=1S/C6H9N2/c7-5-6-1-3-8-4-2-6/h6H,1-4H2. The van der Waals surface area contributed by atoms with E-state index in [2.05, 4.69) is 11.4 Å². The topological polar surface area (TPSA) is 37.9 Å². The van der Waals surface area contributed by atoms with E-state index in [0.717, 1.165) is 25.9 Å². The third kappa shape index (κ3) is 1.21. The maximum absolute atomic E-state index is 8.40. The van der Waals surface area contributed by atoms with Crippen molar-refractivity contribution in [2.45, 2.75) is 12.8 Å². The van der Waals surface area contributed by atoms with Crippen molar-refractivity contribution in [3.63, 3.8) is 0 Å². The van der Waals surface area contributed by atoms with Gasteiger partial charge in [0.1, 0.15) is 0 Å². The average Bonchev–Trinajstić information content (AvgIpc) is 1.90. The van der Waals surface area contributed by atoms with Gasteiger partial charge in [0, 0.05) is 19.0 Å².